The van der Waals surface area contributed by atoms with Gasteiger partial charge in [-0.2, -0.15) is 5.26 Å². The van der Waals surface area contributed by atoms with Crippen LogP contribution in [0, 0.1) is 11.3 Å². The van der Waals surface area contributed by atoms with E-state index in [2.05, 4.69) is 10.8 Å². The molecule has 0 saturated heterocycles. The molecule has 74 valence electrons. The molecule has 0 aliphatic heterocycles. The third kappa shape index (κ3) is 3.43. The molecule has 0 aromatic rings. The first-order valence-corrected chi connectivity index (χ1v) is 4.21. The number of hydrogen-bond acceptors (Lipinski definition) is 4. The molecule has 0 heterocycles. The highest BCUT2D eigenvalue weighted by Gasteiger charge is 2.22. The van der Waals surface area contributed by atoms with Crippen LogP contribution in [-0.4, -0.2) is 37.1 Å². The molecule has 0 fully saturated rings. The lowest BCUT2D eigenvalue weighted by atomic mass is 10.2. The molecule has 0 bridgehead atoms. The molecule has 0 radical (unpaired) electrons. The molecule has 4 heteroatoms. The third-order valence-electron chi connectivity index (χ3n) is 2.24. The zero-order chi connectivity index (χ0) is 10.4. The average molecular weight is 184 g/mol. The van der Waals surface area contributed by atoms with E-state index in [9.17, 15) is 4.79 Å². The number of ether oxygens (including phenoxy) is 1. The van der Waals surface area contributed by atoms with Crippen LogP contribution in [0.5, 0.6) is 0 Å². The quantitative estimate of drug-likeness (QED) is 0.606. The molecule has 13 heavy (non-hydrogen) atoms. The molecule has 0 aromatic heterocycles. The van der Waals surface area contributed by atoms with Crippen LogP contribution < -0.4 is 0 Å². The standard InChI is InChI=1S/C9H16N2O2/c1-7(5-6-10)11(3)8(2)9(12)13-4/h7-8H,5H2,1-4H3. The van der Waals surface area contributed by atoms with E-state index >= 15 is 0 Å². The lowest BCUT2D eigenvalue weighted by Gasteiger charge is -2.27. The van der Waals surface area contributed by atoms with Crippen LogP contribution in [0.2, 0.25) is 0 Å². The van der Waals surface area contributed by atoms with Crippen molar-refractivity contribution in [2.45, 2.75) is 32.4 Å². The Balaban J connectivity index is 4.17. The van der Waals surface area contributed by atoms with Crippen molar-refractivity contribution < 1.29 is 9.53 Å². The highest BCUT2D eigenvalue weighted by molar-refractivity contribution is 5.75. The number of nitrogens with zero attached hydrogens (tertiary/aromatic N) is 2. The molecule has 0 spiro atoms. The van der Waals surface area contributed by atoms with E-state index in [1.54, 1.807) is 6.92 Å². The van der Waals surface area contributed by atoms with Gasteiger partial charge >= 0.3 is 5.97 Å². The van der Waals surface area contributed by atoms with Crippen molar-refractivity contribution >= 4 is 5.97 Å². The van der Waals surface area contributed by atoms with Crippen molar-refractivity contribution in [2.24, 2.45) is 0 Å². The molecule has 0 amide bonds. The maximum absolute atomic E-state index is 11.1. The molecule has 0 aliphatic carbocycles. The topological polar surface area (TPSA) is 53.3 Å². The molecule has 0 rings (SSSR count). The molecule has 2 unspecified atom stereocenters. The minimum atomic E-state index is -0.298. The van der Waals surface area contributed by atoms with Gasteiger partial charge in [-0.15, -0.1) is 0 Å². The number of carbonyl (C=O) groups is 1. The Morgan fingerprint density at radius 1 is 1.62 bits per heavy atom. The van der Waals surface area contributed by atoms with Crippen LogP contribution in [-0.2, 0) is 9.53 Å². The Hall–Kier alpha value is -1.08. The highest BCUT2D eigenvalue weighted by Crippen LogP contribution is 2.06. The van der Waals surface area contributed by atoms with Gasteiger partial charge in [-0.1, -0.05) is 0 Å². The van der Waals surface area contributed by atoms with Crippen LogP contribution in [0.25, 0.3) is 0 Å². The summed E-state index contributed by atoms with van der Waals surface area (Å²) in [6, 6.07) is 1.84. The fourth-order valence-electron chi connectivity index (χ4n) is 0.995. The lowest BCUT2D eigenvalue weighted by molar-refractivity contribution is -0.146. The van der Waals surface area contributed by atoms with Crippen LogP contribution in [0.4, 0.5) is 0 Å². The predicted octanol–water partition coefficient (Wildman–Crippen LogP) is 0.782. The first-order chi connectivity index (χ1) is 6.04. The largest absolute Gasteiger partial charge is 0.468 e. The van der Waals surface area contributed by atoms with Crippen LogP contribution in [0.1, 0.15) is 20.3 Å². The first-order valence-electron chi connectivity index (χ1n) is 4.21. The third-order valence-corrected chi connectivity index (χ3v) is 2.24. The summed E-state index contributed by atoms with van der Waals surface area (Å²) in [6.45, 7) is 3.67. The van der Waals surface area contributed by atoms with Gasteiger partial charge in [0.15, 0.2) is 0 Å². The molecule has 2 atom stereocenters. The Labute approximate surface area is 79.1 Å². The summed E-state index contributed by atoms with van der Waals surface area (Å²) in [5, 5.41) is 8.47. The van der Waals surface area contributed by atoms with E-state index in [-0.39, 0.29) is 18.1 Å². The summed E-state index contributed by atoms with van der Waals surface area (Å²) < 4.78 is 4.60. The predicted molar refractivity (Wildman–Crippen MR) is 48.9 cm³/mol. The van der Waals surface area contributed by atoms with Gasteiger partial charge in [-0.25, -0.2) is 0 Å². The lowest BCUT2D eigenvalue weighted by Crippen LogP contribution is -2.42. The summed E-state index contributed by atoms with van der Waals surface area (Å²) in [5.74, 6) is -0.271. The van der Waals surface area contributed by atoms with Crippen molar-refractivity contribution in [3.8, 4) is 6.07 Å². The fraction of sp³-hybridized carbons (Fsp3) is 0.778. The number of esters is 1. The summed E-state index contributed by atoms with van der Waals surface area (Å²) in [7, 11) is 3.17. The van der Waals surface area contributed by atoms with Gasteiger partial charge in [0.25, 0.3) is 0 Å². The van der Waals surface area contributed by atoms with Crippen molar-refractivity contribution in [1.82, 2.24) is 4.90 Å². The van der Waals surface area contributed by atoms with E-state index in [0.29, 0.717) is 6.42 Å². The zero-order valence-electron chi connectivity index (χ0n) is 8.57. The van der Waals surface area contributed by atoms with Gasteiger partial charge in [0.05, 0.1) is 19.6 Å². The van der Waals surface area contributed by atoms with Crippen LogP contribution in [0.15, 0.2) is 0 Å². The van der Waals surface area contributed by atoms with Crippen molar-refractivity contribution in [1.29, 1.82) is 5.26 Å². The number of likely N-dealkylation sites (N-methyl/N-ethyl adjacent to an activating group) is 1. The zero-order valence-corrected chi connectivity index (χ0v) is 8.57. The van der Waals surface area contributed by atoms with Crippen LogP contribution in [0.3, 0.4) is 0 Å². The minimum Gasteiger partial charge on any atom is -0.468 e. The number of nitriles is 1. The molecule has 0 aromatic carbocycles. The van der Waals surface area contributed by atoms with Gasteiger partial charge in [-0.3, -0.25) is 9.69 Å². The van der Waals surface area contributed by atoms with Gasteiger partial charge in [0, 0.05) is 6.04 Å². The van der Waals surface area contributed by atoms with Crippen LogP contribution >= 0.6 is 0 Å². The van der Waals surface area contributed by atoms with E-state index < -0.39 is 0 Å². The van der Waals surface area contributed by atoms with Crippen molar-refractivity contribution in [3.05, 3.63) is 0 Å². The van der Waals surface area contributed by atoms with E-state index in [0.717, 1.165) is 0 Å². The Bertz CT molecular complexity index is 210. The Morgan fingerprint density at radius 3 is 2.54 bits per heavy atom. The van der Waals surface area contributed by atoms with Crippen molar-refractivity contribution in [3.63, 3.8) is 0 Å². The summed E-state index contributed by atoms with van der Waals surface area (Å²) >= 11 is 0. The van der Waals surface area contributed by atoms with Gasteiger partial charge < -0.3 is 4.74 Å². The highest BCUT2D eigenvalue weighted by atomic mass is 16.5. The first kappa shape index (κ1) is 11.9. The summed E-state index contributed by atoms with van der Waals surface area (Å²) in [4.78, 5) is 12.9. The van der Waals surface area contributed by atoms with E-state index in [4.69, 9.17) is 5.26 Å². The maximum Gasteiger partial charge on any atom is 0.322 e. The van der Waals surface area contributed by atoms with Gasteiger partial charge in [0.1, 0.15) is 6.04 Å². The second kappa shape index (κ2) is 5.55. The molecular formula is C9H16N2O2. The normalized spacial score (nSPS) is 14.8. The Morgan fingerprint density at radius 2 is 2.15 bits per heavy atom. The SMILES string of the molecule is COC(=O)C(C)N(C)C(C)CC#N. The number of rotatable bonds is 4. The van der Waals surface area contributed by atoms with E-state index in [1.165, 1.54) is 7.11 Å². The van der Waals surface area contributed by atoms with Gasteiger partial charge in [0.2, 0.25) is 0 Å². The maximum atomic E-state index is 11.1. The molecule has 4 nitrogen and oxygen atoms in total. The summed E-state index contributed by atoms with van der Waals surface area (Å²) in [6.07, 6.45) is 0.415. The summed E-state index contributed by atoms with van der Waals surface area (Å²) in [5.41, 5.74) is 0. The monoisotopic (exact) mass is 184 g/mol. The van der Waals surface area contributed by atoms with Gasteiger partial charge in [-0.05, 0) is 20.9 Å². The smallest absolute Gasteiger partial charge is 0.322 e. The number of hydrogen-bond donors (Lipinski definition) is 0. The molecular weight excluding hydrogens is 168 g/mol. The molecule has 0 aliphatic rings. The molecule has 0 saturated carbocycles. The average Bonchev–Trinajstić information content (AvgIpc) is 2.14. The Kier molecular flexibility index (Phi) is 5.09. The fourth-order valence-corrected chi connectivity index (χ4v) is 0.995. The second-order valence-electron chi connectivity index (χ2n) is 3.08. The van der Waals surface area contributed by atoms with Crippen molar-refractivity contribution in [2.75, 3.05) is 14.2 Å². The minimum absolute atomic E-state index is 0.0686. The number of methoxy groups -OCH3 is 1. The number of carbonyl (C=O) groups excluding carboxylic acids is 1. The van der Waals surface area contributed by atoms with E-state index in [1.807, 2.05) is 18.9 Å². The second-order valence-corrected chi connectivity index (χ2v) is 3.08. The molecule has 0 N–H and O–H groups in total.